The van der Waals surface area contributed by atoms with Crippen molar-refractivity contribution < 1.29 is 13.2 Å². The van der Waals surface area contributed by atoms with Gasteiger partial charge in [-0.1, -0.05) is 23.7 Å². The molecule has 0 fully saturated rings. The fourth-order valence-corrected chi connectivity index (χ4v) is 2.22. The van der Waals surface area contributed by atoms with Gasteiger partial charge < -0.3 is 5.32 Å². The first-order valence-corrected chi connectivity index (χ1v) is 6.45. The van der Waals surface area contributed by atoms with Crippen LogP contribution in [-0.2, 0) is 6.42 Å². The number of rotatable bonds is 4. The third-order valence-electron chi connectivity index (χ3n) is 3.13. The molecule has 1 N–H and O–H groups in total. The lowest BCUT2D eigenvalue weighted by atomic mass is 9.98. The van der Waals surface area contributed by atoms with Crippen LogP contribution in [0.5, 0.6) is 0 Å². The molecule has 0 aliphatic carbocycles. The van der Waals surface area contributed by atoms with Gasteiger partial charge in [-0.15, -0.1) is 0 Å². The third kappa shape index (κ3) is 3.32. The van der Waals surface area contributed by atoms with Crippen LogP contribution in [0.15, 0.2) is 36.4 Å². The van der Waals surface area contributed by atoms with Crippen molar-refractivity contribution in [3.8, 4) is 0 Å². The molecule has 1 unspecified atom stereocenters. The number of halogens is 4. The van der Waals surface area contributed by atoms with E-state index in [4.69, 9.17) is 11.6 Å². The van der Waals surface area contributed by atoms with E-state index in [1.807, 2.05) is 0 Å². The molecule has 5 heteroatoms. The molecule has 0 saturated heterocycles. The van der Waals surface area contributed by atoms with Crippen LogP contribution in [0.1, 0.15) is 17.2 Å². The minimum absolute atomic E-state index is 0.209. The number of nitrogens with one attached hydrogen (secondary N) is 1. The van der Waals surface area contributed by atoms with Gasteiger partial charge >= 0.3 is 0 Å². The minimum Gasteiger partial charge on any atom is -0.313 e. The Bertz CT molecular complexity index is 616. The summed E-state index contributed by atoms with van der Waals surface area (Å²) in [6.07, 6.45) is 0.209. The van der Waals surface area contributed by atoms with Crippen LogP contribution >= 0.6 is 11.6 Å². The van der Waals surface area contributed by atoms with Crippen LogP contribution in [0, 0.1) is 17.5 Å². The average Bonchev–Trinajstić information content (AvgIpc) is 2.39. The summed E-state index contributed by atoms with van der Waals surface area (Å²) in [5.74, 6) is -1.73. The molecule has 1 nitrogen and oxygen atoms in total. The van der Waals surface area contributed by atoms with Gasteiger partial charge in [0.05, 0.1) is 0 Å². The van der Waals surface area contributed by atoms with Crippen molar-refractivity contribution in [2.45, 2.75) is 12.5 Å². The molecule has 2 rings (SSSR count). The monoisotopic (exact) mass is 299 g/mol. The summed E-state index contributed by atoms with van der Waals surface area (Å²) in [4.78, 5) is 0. The molecule has 1 atom stereocenters. The van der Waals surface area contributed by atoms with Gasteiger partial charge in [0, 0.05) is 22.7 Å². The highest BCUT2D eigenvalue weighted by atomic mass is 35.5. The molecule has 0 aromatic heterocycles. The first kappa shape index (κ1) is 14.9. The van der Waals surface area contributed by atoms with Crippen molar-refractivity contribution in [2.24, 2.45) is 0 Å². The Morgan fingerprint density at radius 3 is 2.40 bits per heavy atom. The second kappa shape index (κ2) is 6.29. The van der Waals surface area contributed by atoms with Crippen molar-refractivity contribution in [3.05, 3.63) is 70.0 Å². The van der Waals surface area contributed by atoms with E-state index >= 15 is 0 Å². The Morgan fingerprint density at radius 2 is 1.80 bits per heavy atom. The van der Waals surface area contributed by atoms with Gasteiger partial charge in [0.25, 0.3) is 0 Å². The number of likely N-dealkylation sites (N-methyl/N-ethyl adjacent to an activating group) is 1. The SMILES string of the molecule is CNC(Cc1ccc(F)cc1F)c1ccc(Cl)cc1F. The summed E-state index contributed by atoms with van der Waals surface area (Å²) in [5, 5.41) is 3.23. The van der Waals surface area contributed by atoms with E-state index in [0.29, 0.717) is 16.1 Å². The lowest BCUT2D eigenvalue weighted by Crippen LogP contribution is -2.20. The Kier molecular flexibility index (Phi) is 4.68. The quantitative estimate of drug-likeness (QED) is 0.889. The van der Waals surface area contributed by atoms with Crippen LogP contribution < -0.4 is 5.32 Å². The summed E-state index contributed by atoms with van der Waals surface area (Å²) in [7, 11) is 1.65. The van der Waals surface area contributed by atoms with Crippen LogP contribution in [-0.4, -0.2) is 7.05 Å². The van der Waals surface area contributed by atoms with Crippen molar-refractivity contribution in [1.82, 2.24) is 5.32 Å². The molecule has 0 aliphatic rings. The van der Waals surface area contributed by atoms with Gasteiger partial charge in [-0.05, 0) is 37.2 Å². The largest absolute Gasteiger partial charge is 0.313 e. The summed E-state index contributed by atoms with van der Waals surface area (Å²) >= 11 is 5.71. The highest BCUT2D eigenvalue weighted by Gasteiger charge is 2.17. The predicted octanol–water partition coefficient (Wildman–Crippen LogP) is 4.26. The standard InChI is InChI=1S/C15H13ClF3N/c1-20-15(12-5-3-10(16)7-14(12)19)6-9-2-4-11(17)8-13(9)18/h2-5,7-8,15,20H,6H2,1H3. The number of hydrogen-bond donors (Lipinski definition) is 1. The normalized spacial score (nSPS) is 12.4. The van der Waals surface area contributed by atoms with E-state index in [1.165, 1.54) is 18.2 Å². The second-order valence-electron chi connectivity index (χ2n) is 4.45. The van der Waals surface area contributed by atoms with Crippen LogP contribution in [0.4, 0.5) is 13.2 Å². The van der Waals surface area contributed by atoms with E-state index in [2.05, 4.69) is 5.32 Å². The Morgan fingerprint density at radius 1 is 1.05 bits per heavy atom. The zero-order chi connectivity index (χ0) is 14.7. The van der Waals surface area contributed by atoms with E-state index in [0.717, 1.165) is 6.07 Å². The van der Waals surface area contributed by atoms with Crippen molar-refractivity contribution in [3.63, 3.8) is 0 Å². The van der Waals surface area contributed by atoms with Gasteiger partial charge in [0.15, 0.2) is 0 Å². The second-order valence-corrected chi connectivity index (χ2v) is 4.88. The predicted molar refractivity (Wildman–Crippen MR) is 73.3 cm³/mol. The number of benzene rings is 2. The van der Waals surface area contributed by atoms with Gasteiger partial charge in [0.2, 0.25) is 0 Å². The van der Waals surface area contributed by atoms with Crippen molar-refractivity contribution >= 4 is 11.6 Å². The molecule has 2 aromatic carbocycles. The molecular weight excluding hydrogens is 287 g/mol. The van der Waals surface area contributed by atoms with Gasteiger partial charge in [-0.2, -0.15) is 0 Å². The zero-order valence-corrected chi connectivity index (χ0v) is 11.5. The molecular formula is C15H13ClF3N. The van der Waals surface area contributed by atoms with Crippen molar-refractivity contribution in [2.75, 3.05) is 7.05 Å². The highest BCUT2D eigenvalue weighted by molar-refractivity contribution is 6.30. The highest BCUT2D eigenvalue weighted by Crippen LogP contribution is 2.24. The fourth-order valence-electron chi connectivity index (χ4n) is 2.06. The van der Waals surface area contributed by atoms with Crippen LogP contribution in [0.3, 0.4) is 0 Å². The lowest BCUT2D eigenvalue weighted by molar-refractivity contribution is 0.515. The van der Waals surface area contributed by atoms with Gasteiger partial charge in [-0.3, -0.25) is 0 Å². The average molecular weight is 300 g/mol. The summed E-state index contributed by atoms with van der Waals surface area (Å²) in [5.41, 5.74) is 0.709. The van der Waals surface area contributed by atoms with Crippen molar-refractivity contribution in [1.29, 1.82) is 0 Å². The molecule has 106 valence electrons. The number of hydrogen-bond acceptors (Lipinski definition) is 1. The molecule has 0 amide bonds. The fraction of sp³-hybridized carbons (Fsp3) is 0.200. The molecule has 0 bridgehead atoms. The first-order chi connectivity index (χ1) is 9.51. The Balaban J connectivity index is 2.28. The molecule has 0 spiro atoms. The summed E-state index contributed by atoms with van der Waals surface area (Å²) in [6.45, 7) is 0. The van der Waals surface area contributed by atoms with Crippen LogP contribution in [0.2, 0.25) is 5.02 Å². The Labute approximate surface area is 120 Å². The zero-order valence-electron chi connectivity index (χ0n) is 10.8. The van der Waals surface area contributed by atoms with Gasteiger partial charge in [0.1, 0.15) is 17.5 Å². The third-order valence-corrected chi connectivity index (χ3v) is 3.36. The smallest absolute Gasteiger partial charge is 0.129 e. The minimum atomic E-state index is -0.639. The van der Waals surface area contributed by atoms with Gasteiger partial charge in [-0.25, -0.2) is 13.2 Å². The van der Waals surface area contributed by atoms with Crippen LogP contribution in [0.25, 0.3) is 0 Å². The topological polar surface area (TPSA) is 12.0 Å². The molecule has 0 heterocycles. The maximum absolute atomic E-state index is 13.9. The summed E-state index contributed by atoms with van der Waals surface area (Å²) in [6, 6.07) is 7.28. The Hall–Kier alpha value is -1.52. The maximum Gasteiger partial charge on any atom is 0.129 e. The molecule has 20 heavy (non-hydrogen) atoms. The summed E-state index contributed by atoms with van der Waals surface area (Å²) < 4.78 is 40.4. The molecule has 0 aliphatic heterocycles. The van der Waals surface area contributed by atoms with E-state index < -0.39 is 23.5 Å². The van der Waals surface area contributed by atoms with E-state index in [-0.39, 0.29) is 6.42 Å². The molecule has 0 radical (unpaired) electrons. The first-order valence-electron chi connectivity index (χ1n) is 6.07. The molecule has 0 saturated carbocycles. The van der Waals surface area contributed by atoms with E-state index in [1.54, 1.807) is 19.2 Å². The lowest BCUT2D eigenvalue weighted by Gasteiger charge is -2.18. The van der Waals surface area contributed by atoms with E-state index in [9.17, 15) is 13.2 Å². The maximum atomic E-state index is 13.9. The molecule has 2 aromatic rings.